The molecule has 0 aromatic heterocycles. The second-order valence-corrected chi connectivity index (χ2v) is 4.36. The molecule has 0 aromatic carbocycles. The molecule has 0 amide bonds. The van der Waals surface area contributed by atoms with Crippen molar-refractivity contribution in [2.24, 2.45) is 5.92 Å². The maximum atomic E-state index is 5.75. The Morgan fingerprint density at radius 1 is 1.50 bits per heavy atom. The molecule has 2 rings (SSSR count). The van der Waals surface area contributed by atoms with Crippen LogP contribution in [0.4, 0.5) is 0 Å². The second kappa shape index (κ2) is 4.33. The van der Waals surface area contributed by atoms with Crippen molar-refractivity contribution in [1.29, 1.82) is 0 Å². The van der Waals surface area contributed by atoms with Gasteiger partial charge < -0.3 is 4.74 Å². The van der Waals surface area contributed by atoms with Crippen LogP contribution >= 0.6 is 0 Å². The average molecular weight is 193 g/mol. The lowest BCUT2D eigenvalue weighted by Gasteiger charge is -2.22. The first-order chi connectivity index (χ1) is 6.85. The Bertz CT molecular complexity index is 229. The van der Waals surface area contributed by atoms with E-state index in [1.165, 1.54) is 12.8 Å². The van der Waals surface area contributed by atoms with Crippen LogP contribution in [0.15, 0.2) is 0 Å². The summed E-state index contributed by atoms with van der Waals surface area (Å²) < 4.78 is 5.75. The number of ether oxygens (including phenoxy) is 1. The SMILES string of the molecule is C#CC(CC)NC1CCOC1C1CC1. The fraction of sp³-hybridized carbons (Fsp3) is 0.833. The summed E-state index contributed by atoms with van der Waals surface area (Å²) in [4.78, 5) is 0. The molecule has 0 spiro atoms. The highest BCUT2D eigenvalue weighted by molar-refractivity contribution is 5.02. The Morgan fingerprint density at radius 3 is 2.86 bits per heavy atom. The Hall–Kier alpha value is -0.520. The maximum absolute atomic E-state index is 5.75. The van der Waals surface area contributed by atoms with Gasteiger partial charge in [-0.3, -0.25) is 5.32 Å². The van der Waals surface area contributed by atoms with Crippen molar-refractivity contribution in [3.05, 3.63) is 0 Å². The predicted molar refractivity (Wildman–Crippen MR) is 56.9 cm³/mol. The first kappa shape index (κ1) is 10.0. The van der Waals surface area contributed by atoms with Gasteiger partial charge in [0.15, 0.2) is 0 Å². The smallest absolute Gasteiger partial charge is 0.0757 e. The van der Waals surface area contributed by atoms with Gasteiger partial charge in [-0.1, -0.05) is 12.8 Å². The zero-order valence-corrected chi connectivity index (χ0v) is 8.83. The van der Waals surface area contributed by atoms with Gasteiger partial charge in [0.2, 0.25) is 0 Å². The van der Waals surface area contributed by atoms with Crippen LogP contribution in [0.25, 0.3) is 0 Å². The molecule has 1 N–H and O–H groups in total. The molecule has 2 heteroatoms. The monoisotopic (exact) mass is 193 g/mol. The summed E-state index contributed by atoms with van der Waals surface area (Å²) in [7, 11) is 0. The van der Waals surface area contributed by atoms with Gasteiger partial charge in [0.05, 0.1) is 12.1 Å². The normalized spacial score (nSPS) is 34.0. The van der Waals surface area contributed by atoms with Crippen molar-refractivity contribution in [1.82, 2.24) is 5.32 Å². The van der Waals surface area contributed by atoms with Crippen molar-refractivity contribution in [3.63, 3.8) is 0 Å². The molecule has 1 saturated heterocycles. The minimum atomic E-state index is 0.225. The number of hydrogen-bond acceptors (Lipinski definition) is 2. The van der Waals surface area contributed by atoms with Crippen molar-refractivity contribution in [2.75, 3.05) is 6.61 Å². The van der Waals surface area contributed by atoms with E-state index < -0.39 is 0 Å². The van der Waals surface area contributed by atoms with E-state index in [9.17, 15) is 0 Å². The summed E-state index contributed by atoms with van der Waals surface area (Å²) >= 11 is 0. The standard InChI is InChI=1S/C12H19NO/c1-3-10(4-2)13-11-7-8-14-12(11)9-5-6-9/h1,9-13H,4-8H2,2H3. The third-order valence-corrected chi connectivity index (χ3v) is 3.25. The van der Waals surface area contributed by atoms with Crippen LogP contribution in [0, 0.1) is 18.3 Å². The highest BCUT2D eigenvalue weighted by atomic mass is 16.5. The summed E-state index contributed by atoms with van der Waals surface area (Å²) in [6, 6.07) is 0.728. The first-order valence-electron chi connectivity index (χ1n) is 5.69. The number of rotatable bonds is 4. The number of nitrogens with one attached hydrogen (secondary N) is 1. The molecule has 2 aliphatic rings. The van der Waals surface area contributed by atoms with E-state index >= 15 is 0 Å². The molecule has 1 saturated carbocycles. The molecule has 1 aliphatic heterocycles. The topological polar surface area (TPSA) is 21.3 Å². The van der Waals surface area contributed by atoms with E-state index in [-0.39, 0.29) is 6.04 Å². The average Bonchev–Trinajstić information content (AvgIpc) is 2.95. The summed E-state index contributed by atoms with van der Waals surface area (Å²) in [5.74, 6) is 3.60. The molecule has 14 heavy (non-hydrogen) atoms. The van der Waals surface area contributed by atoms with Crippen LogP contribution in [0.1, 0.15) is 32.6 Å². The second-order valence-electron chi connectivity index (χ2n) is 4.36. The van der Waals surface area contributed by atoms with Gasteiger partial charge in [0.25, 0.3) is 0 Å². The molecule has 0 bridgehead atoms. The Balaban J connectivity index is 1.86. The molecule has 1 heterocycles. The number of terminal acetylenes is 1. The fourth-order valence-corrected chi connectivity index (χ4v) is 2.22. The number of hydrogen-bond donors (Lipinski definition) is 1. The van der Waals surface area contributed by atoms with E-state index in [0.717, 1.165) is 25.4 Å². The van der Waals surface area contributed by atoms with Crippen LogP contribution in [0.2, 0.25) is 0 Å². The van der Waals surface area contributed by atoms with Crippen molar-refractivity contribution >= 4 is 0 Å². The van der Waals surface area contributed by atoms with E-state index in [2.05, 4.69) is 18.2 Å². The zero-order chi connectivity index (χ0) is 9.97. The molecule has 0 aromatic rings. The van der Waals surface area contributed by atoms with E-state index in [0.29, 0.717) is 12.1 Å². The van der Waals surface area contributed by atoms with Gasteiger partial charge in [-0.25, -0.2) is 0 Å². The van der Waals surface area contributed by atoms with E-state index in [4.69, 9.17) is 11.2 Å². The lowest BCUT2D eigenvalue weighted by Crippen LogP contribution is -2.43. The van der Waals surface area contributed by atoms with Crippen LogP contribution in [-0.2, 0) is 4.74 Å². The van der Waals surface area contributed by atoms with Crippen molar-refractivity contribution < 1.29 is 4.74 Å². The molecule has 3 atom stereocenters. The highest BCUT2D eigenvalue weighted by Crippen LogP contribution is 2.38. The summed E-state index contributed by atoms with van der Waals surface area (Å²) in [6.07, 6.45) is 10.7. The van der Waals surface area contributed by atoms with Gasteiger partial charge in [-0.15, -0.1) is 6.42 Å². The van der Waals surface area contributed by atoms with Gasteiger partial charge in [0.1, 0.15) is 0 Å². The minimum absolute atomic E-state index is 0.225. The fourth-order valence-electron chi connectivity index (χ4n) is 2.22. The van der Waals surface area contributed by atoms with Crippen LogP contribution in [0.5, 0.6) is 0 Å². The molecule has 2 fully saturated rings. The Kier molecular flexibility index (Phi) is 3.10. The maximum Gasteiger partial charge on any atom is 0.0757 e. The summed E-state index contributed by atoms with van der Waals surface area (Å²) in [6.45, 7) is 3.03. The van der Waals surface area contributed by atoms with Gasteiger partial charge in [-0.05, 0) is 31.6 Å². The van der Waals surface area contributed by atoms with E-state index in [1.807, 2.05) is 0 Å². The van der Waals surface area contributed by atoms with Gasteiger partial charge in [-0.2, -0.15) is 0 Å². The molecule has 2 nitrogen and oxygen atoms in total. The molecule has 3 unspecified atom stereocenters. The summed E-state index contributed by atoms with van der Waals surface area (Å²) in [5, 5.41) is 3.53. The lowest BCUT2D eigenvalue weighted by molar-refractivity contribution is 0.0800. The molecule has 1 aliphatic carbocycles. The third kappa shape index (κ3) is 2.10. The van der Waals surface area contributed by atoms with Gasteiger partial charge in [0, 0.05) is 12.6 Å². The third-order valence-electron chi connectivity index (χ3n) is 3.25. The minimum Gasteiger partial charge on any atom is -0.376 e. The molecule has 0 radical (unpaired) electrons. The molecular weight excluding hydrogens is 174 g/mol. The van der Waals surface area contributed by atoms with Crippen LogP contribution in [-0.4, -0.2) is 24.8 Å². The molecular formula is C12H19NO. The Morgan fingerprint density at radius 2 is 2.29 bits per heavy atom. The van der Waals surface area contributed by atoms with Crippen LogP contribution < -0.4 is 5.32 Å². The van der Waals surface area contributed by atoms with Crippen molar-refractivity contribution in [3.8, 4) is 12.3 Å². The quantitative estimate of drug-likeness (QED) is 0.684. The van der Waals surface area contributed by atoms with Crippen LogP contribution in [0.3, 0.4) is 0 Å². The van der Waals surface area contributed by atoms with E-state index in [1.54, 1.807) is 0 Å². The molecule has 78 valence electrons. The first-order valence-corrected chi connectivity index (χ1v) is 5.69. The highest BCUT2D eigenvalue weighted by Gasteiger charge is 2.40. The predicted octanol–water partition coefficient (Wildman–Crippen LogP) is 1.56. The largest absolute Gasteiger partial charge is 0.376 e. The lowest BCUT2D eigenvalue weighted by atomic mass is 10.0. The van der Waals surface area contributed by atoms with Gasteiger partial charge >= 0.3 is 0 Å². The summed E-state index contributed by atoms with van der Waals surface area (Å²) in [5.41, 5.74) is 0. The Labute approximate surface area is 86.4 Å². The zero-order valence-electron chi connectivity index (χ0n) is 8.83. The van der Waals surface area contributed by atoms with Crippen molar-refractivity contribution in [2.45, 2.75) is 50.8 Å².